The number of aliphatic carboxylic acids is 1. The first-order valence-electron chi connectivity index (χ1n) is 9.51. The minimum atomic E-state index is -0.974. The second-order valence-electron chi connectivity index (χ2n) is 6.93. The first-order valence-corrected chi connectivity index (χ1v) is 9.51. The van der Waals surface area contributed by atoms with E-state index in [0.717, 1.165) is 19.3 Å². The minimum Gasteiger partial charge on any atom is -0.478 e. The van der Waals surface area contributed by atoms with Crippen LogP contribution >= 0.6 is 0 Å². The van der Waals surface area contributed by atoms with Gasteiger partial charge in [0.25, 0.3) is 0 Å². The standard InChI is InChI=1S/C19H34N2O4/c1-4-6-7-8-9-10-15(5-2)25-17-12-14(19(23)24)11-16(20)18(17)21-13(3)22/h12,15-18H,4-11,20H2,1-3H3,(H,21,22)(H,23,24)/t15-,16-,17+,18+/m0/s1. The van der Waals surface area contributed by atoms with E-state index in [9.17, 15) is 14.7 Å². The van der Waals surface area contributed by atoms with Gasteiger partial charge in [-0.25, -0.2) is 4.79 Å². The first-order chi connectivity index (χ1) is 11.9. The molecule has 0 fully saturated rings. The smallest absolute Gasteiger partial charge is 0.331 e. The molecule has 0 aromatic carbocycles. The summed E-state index contributed by atoms with van der Waals surface area (Å²) in [5.41, 5.74) is 6.38. The Morgan fingerprint density at radius 3 is 2.56 bits per heavy atom. The Bertz CT molecular complexity index is 464. The van der Waals surface area contributed by atoms with E-state index < -0.39 is 24.2 Å². The predicted molar refractivity (Wildman–Crippen MR) is 98.2 cm³/mol. The molecule has 1 amide bonds. The number of carboxylic acids is 1. The summed E-state index contributed by atoms with van der Waals surface area (Å²) in [5.74, 6) is -1.16. The summed E-state index contributed by atoms with van der Waals surface area (Å²) in [6.07, 6.45) is 9.16. The van der Waals surface area contributed by atoms with Crippen LogP contribution in [0.15, 0.2) is 11.6 Å². The molecule has 0 spiro atoms. The molecular formula is C19H34N2O4. The first kappa shape index (κ1) is 21.6. The van der Waals surface area contributed by atoms with E-state index in [-0.39, 0.29) is 24.0 Å². The van der Waals surface area contributed by atoms with Gasteiger partial charge in [-0.2, -0.15) is 0 Å². The van der Waals surface area contributed by atoms with E-state index in [0.29, 0.717) is 0 Å². The zero-order valence-electron chi connectivity index (χ0n) is 15.8. The topological polar surface area (TPSA) is 102 Å². The van der Waals surface area contributed by atoms with Crippen molar-refractivity contribution in [3.63, 3.8) is 0 Å². The summed E-state index contributed by atoms with van der Waals surface area (Å²) in [6, 6.07) is -0.859. The van der Waals surface area contributed by atoms with Crippen LogP contribution in [0.5, 0.6) is 0 Å². The molecule has 0 saturated heterocycles. The number of hydrogen-bond donors (Lipinski definition) is 3. The Labute approximate surface area is 151 Å². The number of hydrogen-bond acceptors (Lipinski definition) is 4. The van der Waals surface area contributed by atoms with Crippen LogP contribution in [0.3, 0.4) is 0 Å². The van der Waals surface area contributed by atoms with Crippen molar-refractivity contribution in [1.29, 1.82) is 0 Å². The highest BCUT2D eigenvalue weighted by Gasteiger charge is 2.35. The molecule has 4 N–H and O–H groups in total. The van der Waals surface area contributed by atoms with Gasteiger partial charge in [-0.1, -0.05) is 46.0 Å². The van der Waals surface area contributed by atoms with Gasteiger partial charge < -0.3 is 20.9 Å². The molecule has 6 nitrogen and oxygen atoms in total. The van der Waals surface area contributed by atoms with E-state index in [1.165, 1.54) is 32.6 Å². The molecule has 6 heteroatoms. The second kappa shape index (κ2) is 11.3. The highest BCUT2D eigenvalue weighted by molar-refractivity contribution is 5.87. The molecule has 0 aromatic heterocycles. The van der Waals surface area contributed by atoms with Crippen molar-refractivity contribution < 1.29 is 19.4 Å². The molecule has 0 radical (unpaired) electrons. The molecule has 0 saturated carbocycles. The van der Waals surface area contributed by atoms with Gasteiger partial charge in [0.15, 0.2) is 0 Å². The number of nitrogens with two attached hydrogens (primary N) is 1. The summed E-state index contributed by atoms with van der Waals surface area (Å²) >= 11 is 0. The Hall–Kier alpha value is -1.40. The van der Waals surface area contributed by atoms with Crippen molar-refractivity contribution >= 4 is 11.9 Å². The van der Waals surface area contributed by atoms with Crippen molar-refractivity contribution in [2.45, 2.75) is 96.4 Å². The molecule has 1 aliphatic carbocycles. The van der Waals surface area contributed by atoms with Gasteiger partial charge in [-0.3, -0.25) is 4.79 Å². The number of nitrogens with one attached hydrogen (secondary N) is 1. The van der Waals surface area contributed by atoms with Gasteiger partial charge in [0.1, 0.15) is 0 Å². The lowest BCUT2D eigenvalue weighted by Crippen LogP contribution is -2.57. The molecule has 0 bridgehead atoms. The maximum atomic E-state index is 11.5. The molecule has 4 atom stereocenters. The highest BCUT2D eigenvalue weighted by atomic mass is 16.5. The lowest BCUT2D eigenvalue weighted by Gasteiger charge is -2.36. The summed E-state index contributed by atoms with van der Waals surface area (Å²) in [7, 11) is 0. The Kier molecular flexibility index (Phi) is 9.75. The average Bonchev–Trinajstić information content (AvgIpc) is 2.55. The fourth-order valence-corrected chi connectivity index (χ4v) is 3.27. The van der Waals surface area contributed by atoms with Crippen LogP contribution in [-0.2, 0) is 14.3 Å². The van der Waals surface area contributed by atoms with Crippen LogP contribution in [0.1, 0.15) is 72.1 Å². The molecule has 1 rings (SSSR count). The van der Waals surface area contributed by atoms with Crippen molar-refractivity contribution in [1.82, 2.24) is 5.32 Å². The number of amides is 1. The third kappa shape index (κ3) is 7.57. The third-order valence-electron chi connectivity index (χ3n) is 4.72. The molecular weight excluding hydrogens is 320 g/mol. The van der Waals surface area contributed by atoms with Crippen LogP contribution in [0.25, 0.3) is 0 Å². The van der Waals surface area contributed by atoms with Crippen LogP contribution in [0.2, 0.25) is 0 Å². The molecule has 144 valence electrons. The number of carbonyl (C=O) groups excluding carboxylic acids is 1. The SMILES string of the molecule is CCCCCCC[C@H](CC)O[C@@H]1C=C(C(=O)O)C[C@H](N)[C@H]1NC(C)=O. The second-order valence-corrected chi connectivity index (χ2v) is 6.93. The number of carbonyl (C=O) groups is 2. The zero-order valence-corrected chi connectivity index (χ0v) is 15.8. The number of rotatable bonds is 11. The van der Waals surface area contributed by atoms with Gasteiger partial charge in [0.2, 0.25) is 5.91 Å². The molecule has 0 aliphatic heterocycles. The average molecular weight is 354 g/mol. The minimum absolute atomic E-state index is 0.0412. The lowest BCUT2D eigenvalue weighted by molar-refractivity contribution is -0.133. The summed E-state index contributed by atoms with van der Waals surface area (Å²) in [4.78, 5) is 22.8. The molecule has 0 heterocycles. The van der Waals surface area contributed by atoms with Crippen molar-refractivity contribution in [2.24, 2.45) is 5.73 Å². The number of unbranched alkanes of at least 4 members (excludes halogenated alkanes) is 4. The third-order valence-corrected chi connectivity index (χ3v) is 4.72. The normalized spacial score (nSPS) is 24.5. The van der Waals surface area contributed by atoms with Gasteiger partial charge >= 0.3 is 5.97 Å². The monoisotopic (exact) mass is 354 g/mol. The van der Waals surface area contributed by atoms with E-state index in [1.54, 1.807) is 6.08 Å². The maximum absolute atomic E-state index is 11.5. The van der Waals surface area contributed by atoms with Crippen molar-refractivity contribution in [3.8, 4) is 0 Å². The molecule has 25 heavy (non-hydrogen) atoms. The van der Waals surface area contributed by atoms with Crippen LogP contribution in [0.4, 0.5) is 0 Å². The van der Waals surface area contributed by atoms with E-state index in [2.05, 4.69) is 19.2 Å². The summed E-state index contributed by atoms with van der Waals surface area (Å²) in [6.45, 7) is 5.69. The quantitative estimate of drug-likeness (QED) is 0.495. The number of carboxylic acid groups (broad SMARTS) is 1. The van der Waals surface area contributed by atoms with E-state index >= 15 is 0 Å². The van der Waals surface area contributed by atoms with Crippen LogP contribution in [-0.4, -0.2) is 41.3 Å². The van der Waals surface area contributed by atoms with Crippen LogP contribution in [0, 0.1) is 0 Å². The van der Waals surface area contributed by atoms with Crippen molar-refractivity contribution in [3.05, 3.63) is 11.6 Å². The largest absolute Gasteiger partial charge is 0.478 e. The lowest BCUT2D eigenvalue weighted by atomic mass is 9.88. The maximum Gasteiger partial charge on any atom is 0.331 e. The van der Waals surface area contributed by atoms with E-state index in [4.69, 9.17) is 10.5 Å². The van der Waals surface area contributed by atoms with E-state index in [1.807, 2.05) is 0 Å². The molecule has 0 aromatic rings. The Morgan fingerprint density at radius 2 is 2.00 bits per heavy atom. The fourth-order valence-electron chi connectivity index (χ4n) is 3.27. The van der Waals surface area contributed by atoms with Crippen LogP contribution < -0.4 is 11.1 Å². The fraction of sp³-hybridized carbons (Fsp3) is 0.789. The molecule has 1 aliphatic rings. The van der Waals surface area contributed by atoms with Crippen molar-refractivity contribution in [2.75, 3.05) is 0 Å². The van der Waals surface area contributed by atoms with Gasteiger partial charge in [-0.05, 0) is 25.3 Å². The summed E-state index contributed by atoms with van der Waals surface area (Å²) < 4.78 is 6.18. The highest BCUT2D eigenvalue weighted by Crippen LogP contribution is 2.24. The predicted octanol–water partition coefficient (Wildman–Crippen LogP) is 2.76. The van der Waals surface area contributed by atoms with Gasteiger partial charge in [0.05, 0.1) is 18.2 Å². The number of ether oxygens (including phenoxy) is 1. The van der Waals surface area contributed by atoms with Gasteiger partial charge in [-0.15, -0.1) is 0 Å². The summed E-state index contributed by atoms with van der Waals surface area (Å²) in [5, 5.41) is 12.1. The van der Waals surface area contributed by atoms with Gasteiger partial charge in [0, 0.05) is 18.5 Å². The Balaban J connectivity index is 2.73. The zero-order chi connectivity index (χ0) is 18.8. The molecule has 0 unspecified atom stereocenters. The Morgan fingerprint density at radius 1 is 1.32 bits per heavy atom.